The summed E-state index contributed by atoms with van der Waals surface area (Å²) in [6, 6.07) is 7.73. The lowest BCUT2D eigenvalue weighted by Crippen LogP contribution is -2.03. The predicted molar refractivity (Wildman–Crippen MR) is 57.4 cm³/mol. The molecule has 0 saturated carbocycles. The van der Waals surface area contributed by atoms with Crippen LogP contribution in [0.1, 0.15) is 17.0 Å². The van der Waals surface area contributed by atoms with E-state index in [1.807, 2.05) is 19.1 Å². The van der Waals surface area contributed by atoms with Crippen molar-refractivity contribution in [1.29, 1.82) is 5.26 Å². The topological polar surface area (TPSA) is 90.3 Å². The van der Waals surface area contributed by atoms with Crippen LogP contribution in [0.15, 0.2) is 18.2 Å². The van der Waals surface area contributed by atoms with Gasteiger partial charge < -0.3 is 5.32 Å². The van der Waals surface area contributed by atoms with Crippen LogP contribution in [0.4, 0.5) is 5.69 Å². The number of anilines is 1. The first-order chi connectivity index (χ1) is 7.79. The largest absolute Gasteiger partial charge is 0.377 e. The van der Waals surface area contributed by atoms with Crippen LogP contribution in [0.25, 0.3) is 0 Å². The van der Waals surface area contributed by atoms with Gasteiger partial charge in [-0.1, -0.05) is 11.3 Å². The third-order valence-corrected chi connectivity index (χ3v) is 2.12. The van der Waals surface area contributed by atoms with Crippen LogP contribution in [0.2, 0.25) is 0 Å². The second-order valence-electron chi connectivity index (χ2n) is 3.34. The van der Waals surface area contributed by atoms with Gasteiger partial charge in [-0.3, -0.25) is 0 Å². The molecule has 2 N–H and O–H groups in total. The Morgan fingerprint density at radius 2 is 2.38 bits per heavy atom. The average molecular weight is 214 g/mol. The summed E-state index contributed by atoms with van der Waals surface area (Å²) in [5.74, 6) is 0.561. The van der Waals surface area contributed by atoms with Crippen LogP contribution in [0.3, 0.4) is 0 Å². The molecular formula is C10H10N6. The highest BCUT2D eigenvalue weighted by Gasteiger charge is 2.03. The monoisotopic (exact) mass is 214 g/mol. The van der Waals surface area contributed by atoms with E-state index in [1.54, 1.807) is 6.07 Å². The summed E-state index contributed by atoms with van der Waals surface area (Å²) >= 11 is 0. The van der Waals surface area contributed by atoms with Crippen molar-refractivity contribution in [3.8, 4) is 6.07 Å². The number of benzene rings is 1. The lowest BCUT2D eigenvalue weighted by atomic mass is 10.1. The van der Waals surface area contributed by atoms with Gasteiger partial charge in [-0.2, -0.15) is 10.5 Å². The zero-order chi connectivity index (χ0) is 11.4. The fourth-order valence-corrected chi connectivity index (χ4v) is 1.33. The summed E-state index contributed by atoms with van der Waals surface area (Å²) in [6.45, 7) is 2.41. The number of rotatable bonds is 3. The van der Waals surface area contributed by atoms with Crippen molar-refractivity contribution in [2.24, 2.45) is 0 Å². The first-order valence-corrected chi connectivity index (χ1v) is 4.76. The number of aryl methyl sites for hydroxylation is 1. The smallest absolute Gasteiger partial charge is 0.193 e. The van der Waals surface area contributed by atoms with Crippen LogP contribution in [-0.4, -0.2) is 20.6 Å². The number of hydrogen-bond acceptors (Lipinski definition) is 5. The first kappa shape index (κ1) is 10.1. The van der Waals surface area contributed by atoms with Gasteiger partial charge in [0.2, 0.25) is 0 Å². The van der Waals surface area contributed by atoms with Gasteiger partial charge in [-0.05, 0) is 24.6 Å². The van der Waals surface area contributed by atoms with E-state index >= 15 is 0 Å². The molecule has 2 aromatic rings. The van der Waals surface area contributed by atoms with Crippen molar-refractivity contribution >= 4 is 5.69 Å². The molecule has 0 saturated heterocycles. The Morgan fingerprint density at radius 1 is 1.50 bits per heavy atom. The maximum absolute atomic E-state index is 8.93. The summed E-state index contributed by atoms with van der Waals surface area (Å²) < 4.78 is 0. The molecule has 0 fully saturated rings. The molecule has 0 aliphatic rings. The SMILES string of the molecule is Cc1ccc(C#N)c(NCc2nn[nH]n2)c1. The highest BCUT2D eigenvalue weighted by molar-refractivity contribution is 5.58. The Hall–Kier alpha value is -2.42. The Kier molecular flexibility index (Phi) is 2.78. The molecule has 0 unspecified atom stereocenters. The van der Waals surface area contributed by atoms with Crippen LogP contribution in [0.5, 0.6) is 0 Å². The predicted octanol–water partition coefficient (Wildman–Crippen LogP) is 0.992. The number of aromatic nitrogens is 4. The second-order valence-corrected chi connectivity index (χ2v) is 3.34. The number of hydrogen-bond donors (Lipinski definition) is 2. The minimum atomic E-state index is 0.439. The fourth-order valence-electron chi connectivity index (χ4n) is 1.33. The lowest BCUT2D eigenvalue weighted by molar-refractivity contribution is 0.881. The Bertz CT molecular complexity index is 511. The standard InChI is InChI=1S/C10H10N6/c1-7-2-3-8(5-11)9(4-7)12-6-10-13-15-16-14-10/h2-4,12H,6H2,1H3,(H,13,14,15,16). The number of H-pyrrole nitrogens is 1. The van der Waals surface area contributed by atoms with Crippen molar-refractivity contribution < 1.29 is 0 Å². The summed E-state index contributed by atoms with van der Waals surface area (Å²) in [4.78, 5) is 0. The van der Waals surface area contributed by atoms with Gasteiger partial charge in [0.25, 0.3) is 0 Å². The molecule has 80 valence electrons. The van der Waals surface area contributed by atoms with Crippen molar-refractivity contribution in [3.63, 3.8) is 0 Å². The zero-order valence-corrected chi connectivity index (χ0v) is 8.73. The van der Waals surface area contributed by atoms with E-state index in [2.05, 4.69) is 32.0 Å². The molecule has 0 spiro atoms. The highest BCUT2D eigenvalue weighted by Crippen LogP contribution is 2.16. The molecule has 0 bridgehead atoms. The molecule has 0 radical (unpaired) electrons. The maximum atomic E-state index is 8.93. The number of nitrogens with zero attached hydrogens (tertiary/aromatic N) is 4. The van der Waals surface area contributed by atoms with Crippen LogP contribution < -0.4 is 5.32 Å². The van der Waals surface area contributed by atoms with E-state index in [0.717, 1.165) is 11.3 Å². The normalized spacial score (nSPS) is 9.75. The van der Waals surface area contributed by atoms with E-state index in [9.17, 15) is 0 Å². The Morgan fingerprint density at radius 3 is 3.06 bits per heavy atom. The summed E-state index contributed by atoms with van der Waals surface area (Å²) in [7, 11) is 0. The van der Waals surface area contributed by atoms with Gasteiger partial charge in [0.15, 0.2) is 5.82 Å². The van der Waals surface area contributed by atoms with Crippen LogP contribution in [0, 0.1) is 18.3 Å². The van der Waals surface area contributed by atoms with Gasteiger partial charge in [-0.15, -0.1) is 10.2 Å². The zero-order valence-electron chi connectivity index (χ0n) is 8.73. The van der Waals surface area contributed by atoms with E-state index in [0.29, 0.717) is 17.9 Å². The molecule has 0 aliphatic carbocycles. The van der Waals surface area contributed by atoms with Gasteiger partial charge in [0, 0.05) is 0 Å². The molecule has 0 atom stereocenters. The third kappa shape index (κ3) is 2.15. The molecule has 2 rings (SSSR count). The summed E-state index contributed by atoms with van der Waals surface area (Å²) in [5, 5.41) is 25.5. The Balaban J connectivity index is 2.15. The van der Waals surface area contributed by atoms with Gasteiger partial charge in [0.1, 0.15) is 6.07 Å². The van der Waals surface area contributed by atoms with Crippen LogP contribution >= 0.6 is 0 Å². The number of nitriles is 1. The van der Waals surface area contributed by atoms with Crippen molar-refractivity contribution in [1.82, 2.24) is 20.6 Å². The molecular weight excluding hydrogens is 204 g/mol. The van der Waals surface area contributed by atoms with Gasteiger partial charge in [0.05, 0.1) is 17.8 Å². The number of tetrazole rings is 1. The molecule has 6 nitrogen and oxygen atoms in total. The number of nitrogens with one attached hydrogen (secondary N) is 2. The van der Waals surface area contributed by atoms with Crippen LogP contribution in [-0.2, 0) is 6.54 Å². The maximum Gasteiger partial charge on any atom is 0.193 e. The van der Waals surface area contributed by atoms with Gasteiger partial charge in [-0.25, -0.2) is 0 Å². The quantitative estimate of drug-likeness (QED) is 0.795. The molecule has 0 aliphatic heterocycles. The fraction of sp³-hybridized carbons (Fsp3) is 0.200. The minimum Gasteiger partial charge on any atom is -0.377 e. The molecule has 1 heterocycles. The van der Waals surface area contributed by atoms with Crippen molar-refractivity contribution in [2.45, 2.75) is 13.5 Å². The summed E-state index contributed by atoms with van der Waals surface area (Å²) in [6.07, 6.45) is 0. The summed E-state index contributed by atoms with van der Waals surface area (Å²) in [5.41, 5.74) is 2.48. The van der Waals surface area contributed by atoms with E-state index in [1.165, 1.54) is 0 Å². The van der Waals surface area contributed by atoms with E-state index in [-0.39, 0.29) is 0 Å². The second kappa shape index (κ2) is 4.40. The molecule has 16 heavy (non-hydrogen) atoms. The minimum absolute atomic E-state index is 0.439. The number of aromatic amines is 1. The van der Waals surface area contributed by atoms with Crippen molar-refractivity contribution in [2.75, 3.05) is 5.32 Å². The molecule has 1 aromatic carbocycles. The average Bonchev–Trinajstić information content (AvgIpc) is 2.79. The Labute approximate surface area is 92.3 Å². The third-order valence-electron chi connectivity index (χ3n) is 2.12. The first-order valence-electron chi connectivity index (χ1n) is 4.76. The lowest BCUT2D eigenvalue weighted by Gasteiger charge is -2.06. The van der Waals surface area contributed by atoms with E-state index < -0.39 is 0 Å². The highest BCUT2D eigenvalue weighted by atomic mass is 15.5. The molecule has 0 amide bonds. The van der Waals surface area contributed by atoms with E-state index in [4.69, 9.17) is 5.26 Å². The molecule has 6 heteroatoms. The molecule has 1 aromatic heterocycles. The van der Waals surface area contributed by atoms with Crippen molar-refractivity contribution in [3.05, 3.63) is 35.2 Å². The van der Waals surface area contributed by atoms with Gasteiger partial charge >= 0.3 is 0 Å².